The zero-order valence-corrected chi connectivity index (χ0v) is 8.98. The second kappa shape index (κ2) is 7.66. The van der Waals surface area contributed by atoms with Gasteiger partial charge in [0.1, 0.15) is 24.4 Å². The molecule has 0 fully saturated rings. The maximum absolute atomic E-state index is 11.1. The lowest BCUT2D eigenvalue weighted by Gasteiger charge is -2.27. The minimum Gasteiger partial charge on any atom is -0.394 e. The van der Waals surface area contributed by atoms with E-state index < -0.39 is 36.8 Å². The fourth-order valence-electron chi connectivity index (χ4n) is 1.15. The van der Waals surface area contributed by atoms with Gasteiger partial charge in [0.25, 0.3) is 0 Å². The molecule has 0 aliphatic heterocycles. The summed E-state index contributed by atoms with van der Waals surface area (Å²) in [6.07, 6.45) is -6.26. The van der Waals surface area contributed by atoms with Crippen molar-refractivity contribution in [2.75, 3.05) is 19.8 Å². The van der Waals surface area contributed by atoms with Crippen LogP contribution in [-0.2, 0) is 9.53 Å². The minimum atomic E-state index is -1.70. The van der Waals surface area contributed by atoms with Crippen molar-refractivity contribution >= 4 is 5.78 Å². The largest absolute Gasteiger partial charge is 0.394 e. The van der Waals surface area contributed by atoms with Crippen molar-refractivity contribution < 1.29 is 35.1 Å². The Morgan fingerprint density at radius 2 is 1.75 bits per heavy atom. The number of rotatable bonds is 8. The summed E-state index contributed by atoms with van der Waals surface area (Å²) in [5.74, 6) is -0.551. The predicted octanol–water partition coefficient (Wildman–Crippen LogP) is -2.97. The van der Waals surface area contributed by atoms with Gasteiger partial charge in [0.15, 0.2) is 5.78 Å². The number of ketones is 1. The van der Waals surface area contributed by atoms with Crippen LogP contribution < -0.4 is 0 Å². The topological polar surface area (TPSA) is 127 Å². The van der Waals surface area contributed by atoms with Gasteiger partial charge in [0.2, 0.25) is 0 Å². The van der Waals surface area contributed by atoms with E-state index in [9.17, 15) is 15.0 Å². The van der Waals surface area contributed by atoms with Crippen LogP contribution >= 0.6 is 0 Å². The van der Waals surface area contributed by atoms with Gasteiger partial charge in [-0.05, 0) is 6.92 Å². The van der Waals surface area contributed by atoms with Crippen molar-refractivity contribution in [1.82, 2.24) is 0 Å². The predicted molar refractivity (Wildman–Crippen MR) is 52.6 cm³/mol. The Morgan fingerprint density at radius 1 is 1.19 bits per heavy atom. The Labute approximate surface area is 92.9 Å². The van der Waals surface area contributed by atoms with Crippen LogP contribution in [0.3, 0.4) is 0 Å². The van der Waals surface area contributed by atoms with E-state index in [1.807, 2.05) is 0 Å². The van der Waals surface area contributed by atoms with Crippen molar-refractivity contribution in [3.8, 4) is 0 Å². The summed E-state index contributed by atoms with van der Waals surface area (Å²) in [4.78, 5) is 11.1. The number of Topliss-reactive ketones (excluding diaryl/α,β-unsaturated/α-hetero) is 1. The summed E-state index contributed by atoms with van der Waals surface area (Å²) in [5, 5.41) is 45.0. The van der Waals surface area contributed by atoms with E-state index in [-0.39, 0.29) is 13.2 Å². The number of aliphatic hydroxyl groups excluding tert-OH is 5. The highest BCUT2D eigenvalue weighted by molar-refractivity contribution is 5.81. The van der Waals surface area contributed by atoms with Gasteiger partial charge in [-0.1, -0.05) is 0 Å². The lowest BCUT2D eigenvalue weighted by molar-refractivity contribution is -0.155. The zero-order chi connectivity index (χ0) is 12.7. The third kappa shape index (κ3) is 4.52. The van der Waals surface area contributed by atoms with Gasteiger partial charge in [-0.2, -0.15) is 0 Å². The molecule has 0 amide bonds. The molecule has 0 rings (SSSR count). The Morgan fingerprint density at radius 3 is 2.12 bits per heavy atom. The SMILES string of the molecule is CC(=O)[C@H](OCCO)[C@@H](O)[C@H](O)[C@H](O)CO. The Kier molecular flexibility index (Phi) is 7.39. The van der Waals surface area contributed by atoms with Crippen LogP contribution in [0.4, 0.5) is 0 Å². The number of aliphatic hydroxyl groups is 5. The molecule has 5 N–H and O–H groups in total. The summed E-state index contributed by atoms with van der Waals surface area (Å²) in [6.45, 7) is -0.120. The van der Waals surface area contributed by atoms with Crippen molar-refractivity contribution in [1.29, 1.82) is 0 Å². The molecule has 7 nitrogen and oxygen atoms in total. The molecule has 0 spiro atoms. The first-order valence-corrected chi connectivity index (χ1v) is 4.83. The molecule has 96 valence electrons. The highest BCUT2D eigenvalue weighted by atomic mass is 16.5. The van der Waals surface area contributed by atoms with Crippen molar-refractivity contribution in [3.63, 3.8) is 0 Å². The average molecular weight is 238 g/mol. The Bertz CT molecular complexity index is 208. The standard InChI is InChI=1S/C9H18O7/c1-5(12)9(16-3-2-10)8(15)7(14)6(13)4-11/h6-11,13-15H,2-4H2,1H3/t6-,7-,8+,9+/m1/s1. The van der Waals surface area contributed by atoms with E-state index in [2.05, 4.69) is 0 Å². The van der Waals surface area contributed by atoms with E-state index in [4.69, 9.17) is 20.1 Å². The Hall–Kier alpha value is -0.570. The monoisotopic (exact) mass is 238 g/mol. The molecule has 0 bridgehead atoms. The van der Waals surface area contributed by atoms with Crippen molar-refractivity contribution in [3.05, 3.63) is 0 Å². The molecular formula is C9H18O7. The zero-order valence-electron chi connectivity index (χ0n) is 8.98. The molecule has 4 atom stereocenters. The molecule has 16 heavy (non-hydrogen) atoms. The number of ether oxygens (including phenoxy) is 1. The number of carbonyl (C=O) groups excluding carboxylic acids is 1. The van der Waals surface area contributed by atoms with E-state index in [0.29, 0.717) is 0 Å². The summed E-state index contributed by atoms with van der Waals surface area (Å²) in [7, 11) is 0. The molecule has 0 heterocycles. The first kappa shape index (κ1) is 15.4. The summed E-state index contributed by atoms with van der Waals surface area (Å²) in [6, 6.07) is 0. The smallest absolute Gasteiger partial charge is 0.161 e. The highest BCUT2D eigenvalue weighted by Crippen LogP contribution is 2.09. The fraction of sp³-hybridized carbons (Fsp3) is 0.889. The van der Waals surface area contributed by atoms with Crippen LogP contribution in [0.25, 0.3) is 0 Å². The normalized spacial score (nSPS) is 18.9. The van der Waals surface area contributed by atoms with Crippen LogP contribution in [0.2, 0.25) is 0 Å². The molecule has 0 unspecified atom stereocenters. The average Bonchev–Trinajstić information content (AvgIpc) is 2.26. The lowest BCUT2D eigenvalue weighted by Crippen LogP contribution is -2.49. The molecule has 0 aromatic carbocycles. The second-order valence-electron chi connectivity index (χ2n) is 3.36. The van der Waals surface area contributed by atoms with Gasteiger partial charge in [0, 0.05) is 0 Å². The molecule has 0 saturated heterocycles. The van der Waals surface area contributed by atoms with Gasteiger partial charge in [-0.25, -0.2) is 0 Å². The molecule has 0 aliphatic carbocycles. The van der Waals surface area contributed by atoms with Crippen LogP contribution in [-0.4, -0.2) is 75.6 Å². The summed E-state index contributed by atoms with van der Waals surface area (Å²) in [5.41, 5.74) is 0. The van der Waals surface area contributed by atoms with E-state index in [1.54, 1.807) is 0 Å². The molecule has 0 radical (unpaired) electrons. The van der Waals surface area contributed by atoms with Crippen LogP contribution in [0, 0.1) is 0 Å². The third-order valence-corrected chi connectivity index (χ3v) is 2.03. The third-order valence-electron chi connectivity index (χ3n) is 2.03. The molecule has 7 heteroatoms. The van der Waals surface area contributed by atoms with Crippen LogP contribution in [0.5, 0.6) is 0 Å². The fourth-order valence-corrected chi connectivity index (χ4v) is 1.15. The van der Waals surface area contributed by atoms with Crippen molar-refractivity contribution in [2.24, 2.45) is 0 Å². The van der Waals surface area contributed by atoms with E-state index in [1.165, 1.54) is 0 Å². The molecule has 0 aromatic rings. The minimum absolute atomic E-state index is 0.177. The molecule has 0 saturated carbocycles. The van der Waals surface area contributed by atoms with Gasteiger partial charge in [-0.15, -0.1) is 0 Å². The second-order valence-corrected chi connectivity index (χ2v) is 3.36. The number of hydrogen-bond donors (Lipinski definition) is 5. The van der Waals surface area contributed by atoms with Gasteiger partial charge >= 0.3 is 0 Å². The number of hydrogen-bond acceptors (Lipinski definition) is 7. The van der Waals surface area contributed by atoms with Gasteiger partial charge in [-0.3, -0.25) is 4.79 Å². The van der Waals surface area contributed by atoms with Gasteiger partial charge < -0.3 is 30.3 Å². The van der Waals surface area contributed by atoms with Crippen molar-refractivity contribution in [2.45, 2.75) is 31.3 Å². The highest BCUT2D eigenvalue weighted by Gasteiger charge is 2.34. The first-order chi connectivity index (χ1) is 7.45. The first-order valence-electron chi connectivity index (χ1n) is 4.83. The van der Waals surface area contributed by atoms with Crippen LogP contribution in [0.1, 0.15) is 6.92 Å². The maximum atomic E-state index is 11.1. The van der Waals surface area contributed by atoms with E-state index in [0.717, 1.165) is 6.92 Å². The molecular weight excluding hydrogens is 220 g/mol. The van der Waals surface area contributed by atoms with E-state index >= 15 is 0 Å². The maximum Gasteiger partial charge on any atom is 0.161 e. The summed E-state index contributed by atoms with van der Waals surface area (Å²) >= 11 is 0. The Balaban J connectivity index is 4.47. The van der Waals surface area contributed by atoms with Crippen LogP contribution in [0.15, 0.2) is 0 Å². The summed E-state index contributed by atoms with van der Waals surface area (Å²) < 4.78 is 4.83. The quantitative estimate of drug-likeness (QED) is 0.305. The van der Waals surface area contributed by atoms with Gasteiger partial charge in [0.05, 0.1) is 19.8 Å². The lowest BCUT2D eigenvalue weighted by atomic mass is 10.0. The molecule has 0 aliphatic rings. The number of carbonyl (C=O) groups is 1. The molecule has 0 aromatic heterocycles.